The van der Waals surface area contributed by atoms with E-state index in [4.69, 9.17) is 11.6 Å². The molecule has 0 aromatic heterocycles. The fraction of sp³-hybridized carbons (Fsp3) is 0.176. The standard InChI is InChI=1S/C17H17ClN2O/c1-11-8-9-14(10-12(11)2)17(21)20-19-13(3)15-6-4-5-7-16(15)18/h4-10H,1-3H3,(H,20,21). The molecule has 0 fully saturated rings. The maximum atomic E-state index is 12.1. The van der Waals surface area contributed by atoms with Crippen LogP contribution in [0.25, 0.3) is 0 Å². The zero-order valence-electron chi connectivity index (χ0n) is 12.3. The molecule has 0 atom stereocenters. The van der Waals surface area contributed by atoms with Crippen LogP contribution in [0.3, 0.4) is 0 Å². The molecule has 0 radical (unpaired) electrons. The fourth-order valence-electron chi connectivity index (χ4n) is 1.90. The molecule has 1 amide bonds. The Bertz CT molecular complexity index is 708. The van der Waals surface area contributed by atoms with Crippen molar-refractivity contribution in [1.29, 1.82) is 0 Å². The van der Waals surface area contributed by atoms with E-state index in [9.17, 15) is 4.79 Å². The molecule has 0 bridgehead atoms. The normalized spacial score (nSPS) is 11.3. The third kappa shape index (κ3) is 3.70. The van der Waals surface area contributed by atoms with Gasteiger partial charge < -0.3 is 0 Å². The first-order valence-corrected chi connectivity index (χ1v) is 7.03. The van der Waals surface area contributed by atoms with Crippen LogP contribution in [0.15, 0.2) is 47.6 Å². The lowest BCUT2D eigenvalue weighted by atomic mass is 10.1. The molecule has 4 heteroatoms. The van der Waals surface area contributed by atoms with Gasteiger partial charge in [0.25, 0.3) is 5.91 Å². The molecule has 2 rings (SSSR count). The second-order valence-electron chi connectivity index (χ2n) is 4.92. The number of amides is 1. The van der Waals surface area contributed by atoms with E-state index in [0.717, 1.165) is 16.7 Å². The van der Waals surface area contributed by atoms with Gasteiger partial charge >= 0.3 is 0 Å². The van der Waals surface area contributed by atoms with Crippen molar-refractivity contribution in [3.8, 4) is 0 Å². The number of carbonyl (C=O) groups excluding carboxylic acids is 1. The van der Waals surface area contributed by atoms with Crippen LogP contribution >= 0.6 is 11.6 Å². The van der Waals surface area contributed by atoms with Gasteiger partial charge in [0.15, 0.2) is 0 Å². The fourth-order valence-corrected chi connectivity index (χ4v) is 2.17. The lowest BCUT2D eigenvalue weighted by molar-refractivity contribution is 0.0954. The molecule has 0 aliphatic carbocycles. The molecule has 2 aromatic carbocycles. The van der Waals surface area contributed by atoms with Crippen LogP contribution in [0, 0.1) is 13.8 Å². The van der Waals surface area contributed by atoms with Crippen LogP contribution in [0.5, 0.6) is 0 Å². The molecule has 0 saturated heterocycles. The molecule has 0 unspecified atom stereocenters. The van der Waals surface area contributed by atoms with Crippen LogP contribution < -0.4 is 5.43 Å². The Labute approximate surface area is 129 Å². The summed E-state index contributed by atoms with van der Waals surface area (Å²) in [5.74, 6) is -0.232. The molecule has 21 heavy (non-hydrogen) atoms. The molecule has 0 saturated carbocycles. The SMILES string of the molecule is CC(=NNC(=O)c1ccc(C)c(C)c1)c1ccccc1Cl. The van der Waals surface area contributed by atoms with Crippen LogP contribution in [0.2, 0.25) is 5.02 Å². The molecule has 0 aliphatic rings. The maximum absolute atomic E-state index is 12.1. The molecular formula is C17H17ClN2O. The van der Waals surface area contributed by atoms with E-state index in [-0.39, 0.29) is 5.91 Å². The Morgan fingerprint density at radius 2 is 1.81 bits per heavy atom. The van der Waals surface area contributed by atoms with Crippen LogP contribution in [0.1, 0.15) is 34.0 Å². The first-order valence-electron chi connectivity index (χ1n) is 6.66. The highest BCUT2D eigenvalue weighted by Gasteiger charge is 2.07. The lowest BCUT2D eigenvalue weighted by Gasteiger charge is -2.06. The van der Waals surface area contributed by atoms with E-state index < -0.39 is 0 Å². The number of halogens is 1. The Morgan fingerprint density at radius 1 is 1.10 bits per heavy atom. The van der Waals surface area contributed by atoms with Gasteiger partial charge in [0.05, 0.1) is 5.71 Å². The molecule has 0 spiro atoms. The molecule has 2 aromatic rings. The van der Waals surface area contributed by atoms with Gasteiger partial charge in [-0.2, -0.15) is 5.10 Å². The van der Waals surface area contributed by atoms with Crippen molar-refractivity contribution in [2.24, 2.45) is 5.10 Å². The van der Waals surface area contributed by atoms with E-state index in [1.807, 2.05) is 51.1 Å². The van der Waals surface area contributed by atoms with E-state index in [1.165, 1.54) is 0 Å². The second kappa shape index (κ2) is 6.55. The number of hydrogen-bond donors (Lipinski definition) is 1. The summed E-state index contributed by atoms with van der Waals surface area (Å²) in [4.78, 5) is 12.1. The minimum atomic E-state index is -0.232. The van der Waals surface area contributed by atoms with Crippen molar-refractivity contribution < 1.29 is 4.79 Å². The van der Waals surface area contributed by atoms with E-state index in [0.29, 0.717) is 16.3 Å². The van der Waals surface area contributed by atoms with E-state index in [1.54, 1.807) is 12.1 Å². The topological polar surface area (TPSA) is 41.5 Å². The number of carbonyl (C=O) groups is 1. The highest BCUT2D eigenvalue weighted by Crippen LogP contribution is 2.15. The lowest BCUT2D eigenvalue weighted by Crippen LogP contribution is -2.19. The average molecular weight is 301 g/mol. The van der Waals surface area contributed by atoms with Gasteiger partial charge in [-0.1, -0.05) is 35.9 Å². The van der Waals surface area contributed by atoms with E-state index in [2.05, 4.69) is 10.5 Å². The van der Waals surface area contributed by atoms with Crippen LogP contribution in [-0.2, 0) is 0 Å². The average Bonchev–Trinajstić information content (AvgIpc) is 2.47. The van der Waals surface area contributed by atoms with Crippen molar-refractivity contribution in [2.45, 2.75) is 20.8 Å². The van der Waals surface area contributed by atoms with Crippen molar-refractivity contribution >= 4 is 23.2 Å². The van der Waals surface area contributed by atoms with Crippen LogP contribution in [0.4, 0.5) is 0 Å². The summed E-state index contributed by atoms with van der Waals surface area (Å²) in [7, 11) is 0. The third-order valence-electron chi connectivity index (χ3n) is 3.36. The predicted molar refractivity (Wildman–Crippen MR) is 87.0 cm³/mol. The highest BCUT2D eigenvalue weighted by molar-refractivity contribution is 6.34. The number of aryl methyl sites for hydroxylation is 2. The largest absolute Gasteiger partial charge is 0.271 e. The van der Waals surface area contributed by atoms with Crippen molar-refractivity contribution in [2.75, 3.05) is 0 Å². The smallest absolute Gasteiger partial charge is 0.267 e. The number of nitrogens with one attached hydrogen (secondary N) is 1. The van der Waals surface area contributed by atoms with Crippen molar-refractivity contribution in [3.05, 3.63) is 69.7 Å². The molecule has 0 aliphatic heterocycles. The minimum absolute atomic E-state index is 0.232. The second-order valence-corrected chi connectivity index (χ2v) is 5.32. The molecular weight excluding hydrogens is 284 g/mol. The number of nitrogens with zero attached hydrogens (tertiary/aromatic N) is 1. The van der Waals surface area contributed by atoms with Gasteiger partial charge in [-0.25, -0.2) is 5.43 Å². The number of hydrogen-bond acceptors (Lipinski definition) is 2. The highest BCUT2D eigenvalue weighted by atomic mass is 35.5. The minimum Gasteiger partial charge on any atom is -0.267 e. The summed E-state index contributed by atoms with van der Waals surface area (Å²) < 4.78 is 0. The summed E-state index contributed by atoms with van der Waals surface area (Å²) in [6.45, 7) is 5.79. The predicted octanol–water partition coefficient (Wildman–Crippen LogP) is 4.11. The third-order valence-corrected chi connectivity index (χ3v) is 3.69. The molecule has 1 N–H and O–H groups in total. The number of benzene rings is 2. The monoisotopic (exact) mass is 300 g/mol. The summed E-state index contributed by atoms with van der Waals surface area (Å²) in [5.41, 5.74) is 6.86. The van der Waals surface area contributed by atoms with Gasteiger partial charge in [-0.3, -0.25) is 4.79 Å². The zero-order chi connectivity index (χ0) is 15.4. The summed E-state index contributed by atoms with van der Waals surface area (Å²) >= 11 is 6.10. The molecule has 108 valence electrons. The number of rotatable bonds is 3. The Balaban J connectivity index is 2.14. The molecule has 0 heterocycles. The Hall–Kier alpha value is -2.13. The first-order chi connectivity index (χ1) is 9.99. The number of hydrazone groups is 1. The van der Waals surface area contributed by atoms with Crippen LogP contribution in [-0.4, -0.2) is 11.6 Å². The van der Waals surface area contributed by atoms with Crippen molar-refractivity contribution in [1.82, 2.24) is 5.43 Å². The Morgan fingerprint density at radius 3 is 2.48 bits per heavy atom. The van der Waals surface area contributed by atoms with Gasteiger partial charge in [0, 0.05) is 16.1 Å². The summed E-state index contributed by atoms with van der Waals surface area (Å²) in [6.07, 6.45) is 0. The Kier molecular flexibility index (Phi) is 4.76. The molecule has 3 nitrogen and oxygen atoms in total. The van der Waals surface area contributed by atoms with Gasteiger partial charge in [-0.15, -0.1) is 0 Å². The maximum Gasteiger partial charge on any atom is 0.271 e. The first kappa shape index (κ1) is 15.3. The summed E-state index contributed by atoms with van der Waals surface area (Å²) in [6, 6.07) is 13.0. The van der Waals surface area contributed by atoms with Gasteiger partial charge in [0.2, 0.25) is 0 Å². The zero-order valence-corrected chi connectivity index (χ0v) is 13.0. The quantitative estimate of drug-likeness (QED) is 0.672. The van der Waals surface area contributed by atoms with E-state index >= 15 is 0 Å². The summed E-state index contributed by atoms with van der Waals surface area (Å²) in [5, 5.41) is 4.73. The van der Waals surface area contributed by atoms with Gasteiger partial charge in [0.1, 0.15) is 0 Å². The van der Waals surface area contributed by atoms with Crippen molar-refractivity contribution in [3.63, 3.8) is 0 Å². The van der Waals surface area contributed by atoms with Gasteiger partial charge in [-0.05, 0) is 50.1 Å².